The molecule has 0 aromatic rings. The molecule has 0 rings (SSSR count). The molecule has 0 bridgehead atoms. The first-order valence-corrected chi connectivity index (χ1v) is 3.89. The van der Waals surface area contributed by atoms with E-state index in [0.29, 0.717) is 6.42 Å². The largest absolute Gasteiger partial charge is 0.368 e. The van der Waals surface area contributed by atoms with Gasteiger partial charge < -0.3 is 14.6 Å². The van der Waals surface area contributed by atoms with E-state index in [4.69, 9.17) is 14.6 Å². The first-order valence-electron chi connectivity index (χ1n) is 3.89. The van der Waals surface area contributed by atoms with E-state index in [1.165, 1.54) is 0 Å². The molecule has 0 saturated carbocycles. The van der Waals surface area contributed by atoms with Crippen molar-refractivity contribution in [2.75, 3.05) is 6.79 Å². The third kappa shape index (κ3) is 7.78. The van der Waals surface area contributed by atoms with Gasteiger partial charge in [-0.25, -0.2) is 0 Å². The number of hydrogen-bond donors (Lipinski definition) is 1. The second kappa shape index (κ2) is 4.70. The lowest BCUT2D eigenvalue weighted by Crippen LogP contribution is -2.23. The molecule has 1 N–H and O–H groups in total. The standard InChI is InChI=1S/C8H18O3/c1-5-7(9)10-6-11-8(2,3)4/h7,9H,5-6H2,1-4H3. The predicted octanol–water partition coefficient (Wildman–Crippen LogP) is 1.50. The van der Waals surface area contributed by atoms with Crippen molar-refractivity contribution in [3.63, 3.8) is 0 Å². The highest BCUT2D eigenvalue weighted by Gasteiger charge is 2.10. The minimum atomic E-state index is -0.697. The number of rotatable bonds is 4. The molecule has 1 atom stereocenters. The van der Waals surface area contributed by atoms with E-state index in [1.807, 2.05) is 27.7 Å². The molecule has 3 heteroatoms. The Bertz CT molecular complexity index is 96.0. The van der Waals surface area contributed by atoms with E-state index in [-0.39, 0.29) is 12.4 Å². The zero-order valence-electron chi connectivity index (χ0n) is 7.76. The van der Waals surface area contributed by atoms with Gasteiger partial charge >= 0.3 is 0 Å². The van der Waals surface area contributed by atoms with Crippen LogP contribution in [0.25, 0.3) is 0 Å². The fourth-order valence-corrected chi connectivity index (χ4v) is 0.407. The highest BCUT2D eigenvalue weighted by molar-refractivity contribution is 4.56. The molecule has 0 aromatic heterocycles. The molecule has 11 heavy (non-hydrogen) atoms. The summed E-state index contributed by atoms with van der Waals surface area (Å²) in [5.41, 5.74) is -0.201. The zero-order valence-corrected chi connectivity index (χ0v) is 7.76. The second-order valence-electron chi connectivity index (χ2n) is 3.40. The van der Waals surface area contributed by atoms with Crippen LogP contribution in [0.5, 0.6) is 0 Å². The summed E-state index contributed by atoms with van der Waals surface area (Å²) < 4.78 is 10.1. The van der Waals surface area contributed by atoms with Gasteiger partial charge in [0.25, 0.3) is 0 Å². The van der Waals surface area contributed by atoms with Crippen molar-refractivity contribution in [2.45, 2.75) is 46.0 Å². The first kappa shape index (κ1) is 10.9. The molecule has 0 aliphatic carbocycles. The highest BCUT2D eigenvalue weighted by Crippen LogP contribution is 2.06. The average molecular weight is 162 g/mol. The summed E-state index contributed by atoms with van der Waals surface area (Å²) in [6.45, 7) is 7.82. The fraction of sp³-hybridized carbons (Fsp3) is 1.00. The Hall–Kier alpha value is -0.120. The molecular formula is C8H18O3. The normalized spacial score (nSPS) is 15.0. The van der Waals surface area contributed by atoms with Gasteiger partial charge in [-0.2, -0.15) is 0 Å². The summed E-state index contributed by atoms with van der Waals surface area (Å²) in [6, 6.07) is 0. The van der Waals surface area contributed by atoms with E-state index >= 15 is 0 Å². The number of aliphatic hydroxyl groups is 1. The smallest absolute Gasteiger partial charge is 0.157 e. The van der Waals surface area contributed by atoms with Crippen molar-refractivity contribution < 1.29 is 14.6 Å². The topological polar surface area (TPSA) is 38.7 Å². The molecule has 0 saturated heterocycles. The van der Waals surface area contributed by atoms with Gasteiger partial charge in [-0.15, -0.1) is 0 Å². The van der Waals surface area contributed by atoms with E-state index in [1.54, 1.807) is 0 Å². The molecular weight excluding hydrogens is 144 g/mol. The van der Waals surface area contributed by atoms with Gasteiger partial charge in [0.15, 0.2) is 13.1 Å². The monoisotopic (exact) mass is 162 g/mol. The Morgan fingerprint density at radius 1 is 1.36 bits per heavy atom. The second-order valence-corrected chi connectivity index (χ2v) is 3.40. The van der Waals surface area contributed by atoms with Gasteiger partial charge in [-0.3, -0.25) is 0 Å². The van der Waals surface area contributed by atoms with Crippen molar-refractivity contribution >= 4 is 0 Å². The Balaban J connectivity index is 3.28. The molecule has 0 heterocycles. The van der Waals surface area contributed by atoms with Gasteiger partial charge in [0.05, 0.1) is 5.60 Å². The third-order valence-corrected chi connectivity index (χ3v) is 1.10. The Morgan fingerprint density at radius 2 is 1.91 bits per heavy atom. The molecule has 0 amide bonds. The molecule has 3 nitrogen and oxygen atoms in total. The average Bonchev–Trinajstić information content (AvgIpc) is 1.85. The lowest BCUT2D eigenvalue weighted by molar-refractivity contribution is -0.198. The number of ether oxygens (including phenoxy) is 2. The summed E-state index contributed by atoms with van der Waals surface area (Å²) in [5.74, 6) is 0. The van der Waals surface area contributed by atoms with Crippen LogP contribution in [0.1, 0.15) is 34.1 Å². The minimum absolute atomic E-state index is 0.151. The van der Waals surface area contributed by atoms with Gasteiger partial charge in [0, 0.05) is 0 Å². The summed E-state index contributed by atoms with van der Waals surface area (Å²) >= 11 is 0. The Labute approximate surface area is 68.3 Å². The van der Waals surface area contributed by atoms with Gasteiger partial charge in [0.1, 0.15) is 0 Å². The molecule has 0 radical (unpaired) electrons. The summed E-state index contributed by atoms with van der Waals surface area (Å²) in [7, 11) is 0. The maximum absolute atomic E-state index is 8.95. The Morgan fingerprint density at radius 3 is 2.27 bits per heavy atom. The van der Waals surface area contributed by atoms with Crippen LogP contribution in [0.3, 0.4) is 0 Å². The molecule has 0 aliphatic heterocycles. The zero-order chi connectivity index (χ0) is 8.91. The lowest BCUT2D eigenvalue weighted by Gasteiger charge is -2.20. The molecule has 0 spiro atoms. The van der Waals surface area contributed by atoms with Crippen LogP contribution in [-0.2, 0) is 9.47 Å². The number of aliphatic hydroxyl groups excluding tert-OH is 1. The minimum Gasteiger partial charge on any atom is -0.368 e. The van der Waals surface area contributed by atoms with Crippen molar-refractivity contribution in [3.8, 4) is 0 Å². The van der Waals surface area contributed by atoms with Crippen LogP contribution in [0.4, 0.5) is 0 Å². The van der Waals surface area contributed by atoms with Crippen LogP contribution >= 0.6 is 0 Å². The SMILES string of the molecule is CCC(O)OCOC(C)(C)C. The van der Waals surface area contributed by atoms with Crippen molar-refractivity contribution in [3.05, 3.63) is 0 Å². The van der Waals surface area contributed by atoms with Crippen molar-refractivity contribution in [2.24, 2.45) is 0 Å². The van der Waals surface area contributed by atoms with Gasteiger partial charge in [-0.05, 0) is 27.2 Å². The van der Waals surface area contributed by atoms with Crippen molar-refractivity contribution in [1.82, 2.24) is 0 Å². The van der Waals surface area contributed by atoms with E-state index in [2.05, 4.69) is 0 Å². The first-order chi connectivity index (χ1) is 4.95. The maximum Gasteiger partial charge on any atom is 0.157 e. The molecule has 0 fully saturated rings. The predicted molar refractivity (Wildman–Crippen MR) is 43.1 cm³/mol. The maximum atomic E-state index is 8.95. The molecule has 0 aliphatic rings. The Kier molecular flexibility index (Phi) is 4.65. The summed E-state index contributed by atoms with van der Waals surface area (Å²) in [6.07, 6.45) is -0.106. The number of hydrogen-bond acceptors (Lipinski definition) is 3. The molecule has 68 valence electrons. The summed E-state index contributed by atoms with van der Waals surface area (Å²) in [4.78, 5) is 0. The molecule has 0 aromatic carbocycles. The van der Waals surface area contributed by atoms with Crippen molar-refractivity contribution in [1.29, 1.82) is 0 Å². The van der Waals surface area contributed by atoms with Crippen LogP contribution in [-0.4, -0.2) is 23.8 Å². The lowest BCUT2D eigenvalue weighted by atomic mass is 10.2. The quantitative estimate of drug-likeness (QED) is 0.637. The van der Waals surface area contributed by atoms with Crippen LogP contribution in [0.2, 0.25) is 0 Å². The highest BCUT2D eigenvalue weighted by atomic mass is 16.7. The third-order valence-electron chi connectivity index (χ3n) is 1.10. The summed E-state index contributed by atoms with van der Waals surface area (Å²) in [5, 5.41) is 8.95. The van der Waals surface area contributed by atoms with E-state index < -0.39 is 6.29 Å². The van der Waals surface area contributed by atoms with Crippen LogP contribution in [0.15, 0.2) is 0 Å². The van der Waals surface area contributed by atoms with Gasteiger partial charge in [-0.1, -0.05) is 6.92 Å². The van der Waals surface area contributed by atoms with E-state index in [9.17, 15) is 0 Å². The fourth-order valence-electron chi connectivity index (χ4n) is 0.407. The van der Waals surface area contributed by atoms with Crippen LogP contribution < -0.4 is 0 Å². The van der Waals surface area contributed by atoms with Crippen LogP contribution in [0, 0.1) is 0 Å². The van der Waals surface area contributed by atoms with Gasteiger partial charge in [0.2, 0.25) is 0 Å². The van der Waals surface area contributed by atoms with E-state index in [0.717, 1.165) is 0 Å². The molecule has 1 unspecified atom stereocenters.